The molecule has 0 aliphatic carbocycles. The van der Waals surface area contributed by atoms with Crippen molar-refractivity contribution in [2.75, 3.05) is 26.2 Å². The molecule has 1 N–H and O–H groups in total. The molecule has 3 rings (SSSR count). The summed E-state index contributed by atoms with van der Waals surface area (Å²) < 4.78 is 27.2. The van der Waals surface area contributed by atoms with E-state index in [4.69, 9.17) is 0 Å². The van der Waals surface area contributed by atoms with Crippen LogP contribution in [0.1, 0.15) is 40.2 Å². The second kappa shape index (κ2) is 8.02. The molecule has 0 unspecified atom stereocenters. The molecule has 1 fully saturated rings. The quantitative estimate of drug-likeness (QED) is 0.779. The Bertz CT molecular complexity index is 971. The number of fused-ring (bicyclic) bond motifs is 1. The molecule has 1 saturated heterocycles. The monoisotopic (exact) mass is 434 g/mol. The Kier molecular flexibility index (Phi) is 5.95. The molecular weight excluding hydrogens is 404 g/mol. The van der Waals surface area contributed by atoms with Gasteiger partial charge in [0.25, 0.3) is 10.0 Å². The molecule has 164 valence electrons. The number of nitrogens with zero attached hydrogens (tertiary/aromatic N) is 3. The van der Waals surface area contributed by atoms with Crippen molar-refractivity contribution in [3.8, 4) is 0 Å². The predicted molar refractivity (Wildman–Crippen MR) is 115 cm³/mol. The number of amides is 2. The highest BCUT2D eigenvalue weighted by molar-refractivity contribution is 7.90. The predicted octanol–water partition coefficient (Wildman–Crippen LogP) is 1.47. The van der Waals surface area contributed by atoms with E-state index < -0.39 is 21.5 Å². The summed E-state index contributed by atoms with van der Waals surface area (Å²) in [5.41, 5.74) is 0.0302. The number of hydrogen-bond donors (Lipinski definition) is 1. The Morgan fingerprint density at radius 3 is 2.17 bits per heavy atom. The van der Waals surface area contributed by atoms with Crippen LogP contribution in [0.3, 0.4) is 0 Å². The Labute approximate surface area is 178 Å². The van der Waals surface area contributed by atoms with E-state index >= 15 is 0 Å². The van der Waals surface area contributed by atoms with Gasteiger partial charge in [0.05, 0.1) is 4.90 Å². The third-order valence-electron chi connectivity index (χ3n) is 5.34. The third-order valence-corrected chi connectivity index (χ3v) is 6.73. The molecule has 0 saturated carbocycles. The number of hydrogen-bond acceptors (Lipinski definition) is 5. The van der Waals surface area contributed by atoms with Crippen molar-refractivity contribution >= 4 is 27.7 Å². The molecular formula is C21H30N4O4S. The van der Waals surface area contributed by atoms with Gasteiger partial charge in [-0.05, 0) is 18.1 Å². The van der Waals surface area contributed by atoms with Crippen LogP contribution in [0, 0.1) is 11.3 Å². The van der Waals surface area contributed by atoms with Gasteiger partial charge in [0.2, 0.25) is 11.8 Å². The van der Waals surface area contributed by atoms with Crippen molar-refractivity contribution in [1.82, 2.24) is 14.5 Å². The first-order chi connectivity index (χ1) is 13.9. The van der Waals surface area contributed by atoms with Crippen LogP contribution in [-0.2, 0) is 19.6 Å². The van der Waals surface area contributed by atoms with Crippen LogP contribution < -0.4 is 4.72 Å². The van der Waals surface area contributed by atoms with E-state index in [1.165, 1.54) is 6.07 Å². The minimum absolute atomic E-state index is 0.0761. The van der Waals surface area contributed by atoms with Crippen molar-refractivity contribution in [2.45, 2.75) is 45.6 Å². The number of rotatable bonds is 3. The third kappa shape index (κ3) is 4.35. The lowest BCUT2D eigenvalue weighted by Crippen LogP contribution is -2.55. The van der Waals surface area contributed by atoms with Gasteiger partial charge in [0, 0.05) is 37.2 Å². The van der Waals surface area contributed by atoms with Gasteiger partial charge in [0.1, 0.15) is 11.9 Å². The highest BCUT2D eigenvalue weighted by atomic mass is 32.2. The van der Waals surface area contributed by atoms with Crippen molar-refractivity contribution in [2.24, 2.45) is 16.3 Å². The van der Waals surface area contributed by atoms with E-state index in [-0.39, 0.29) is 28.5 Å². The van der Waals surface area contributed by atoms with E-state index in [1.54, 1.807) is 28.0 Å². The SMILES string of the molecule is CC(C)[C@H](N=C1NS(=O)(=O)c2ccccc21)C(=O)N1CCN(C(=O)C(C)(C)C)CC1. The second-order valence-electron chi connectivity index (χ2n) is 9.14. The van der Waals surface area contributed by atoms with Crippen molar-refractivity contribution in [3.05, 3.63) is 29.8 Å². The zero-order valence-corrected chi connectivity index (χ0v) is 19.0. The fraction of sp³-hybridized carbons (Fsp3) is 0.571. The van der Waals surface area contributed by atoms with Crippen LogP contribution in [0.2, 0.25) is 0 Å². The van der Waals surface area contributed by atoms with Gasteiger partial charge in [-0.25, -0.2) is 8.42 Å². The lowest BCUT2D eigenvalue weighted by Gasteiger charge is -2.38. The highest BCUT2D eigenvalue weighted by Gasteiger charge is 2.36. The Morgan fingerprint density at radius 1 is 1.03 bits per heavy atom. The molecule has 2 heterocycles. The average Bonchev–Trinajstić information content (AvgIpc) is 2.94. The van der Waals surface area contributed by atoms with E-state index in [9.17, 15) is 18.0 Å². The maximum atomic E-state index is 13.2. The Hall–Kier alpha value is -2.42. The van der Waals surface area contributed by atoms with Crippen LogP contribution in [-0.4, -0.2) is 68.1 Å². The average molecular weight is 435 g/mol. The van der Waals surface area contributed by atoms with Crippen molar-refractivity contribution < 1.29 is 18.0 Å². The molecule has 0 radical (unpaired) electrons. The number of nitrogens with one attached hydrogen (secondary N) is 1. The largest absolute Gasteiger partial charge is 0.339 e. The zero-order chi connectivity index (χ0) is 22.3. The molecule has 1 aromatic rings. The van der Waals surface area contributed by atoms with E-state index in [1.807, 2.05) is 34.6 Å². The topological polar surface area (TPSA) is 99.1 Å². The lowest BCUT2D eigenvalue weighted by molar-refractivity contribution is -0.145. The van der Waals surface area contributed by atoms with Crippen LogP contribution >= 0.6 is 0 Å². The number of aliphatic imine (C=N–C) groups is 1. The van der Waals surface area contributed by atoms with Gasteiger partial charge in [-0.15, -0.1) is 0 Å². The minimum atomic E-state index is -3.66. The highest BCUT2D eigenvalue weighted by Crippen LogP contribution is 2.24. The summed E-state index contributed by atoms with van der Waals surface area (Å²) in [7, 11) is -3.66. The number of piperazine rings is 1. The first-order valence-corrected chi connectivity index (χ1v) is 11.7. The molecule has 2 aliphatic heterocycles. The maximum absolute atomic E-state index is 13.2. The number of carbonyl (C=O) groups is 2. The zero-order valence-electron chi connectivity index (χ0n) is 18.2. The van der Waals surface area contributed by atoms with E-state index in [2.05, 4.69) is 9.71 Å². The molecule has 1 atom stereocenters. The van der Waals surface area contributed by atoms with Crippen LogP contribution in [0.5, 0.6) is 0 Å². The van der Waals surface area contributed by atoms with E-state index in [0.717, 1.165) is 0 Å². The molecule has 0 bridgehead atoms. The first-order valence-electron chi connectivity index (χ1n) is 10.2. The summed E-state index contributed by atoms with van der Waals surface area (Å²) in [5, 5.41) is 0. The molecule has 1 aromatic carbocycles. The van der Waals surface area contributed by atoms with Gasteiger partial charge >= 0.3 is 0 Å². The Morgan fingerprint density at radius 2 is 1.60 bits per heavy atom. The van der Waals surface area contributed by atoms with Crippen molar-refractivity contribution in [1.29, 1.82) is 0 Å². The van der Waals surface area contributed by atoms with Gasteiger partial charge in [-0.1, -0.05) is 46.8 Å². The number of amidine groups is 1. The van der Waals surface area contributed by atoms with Crippen molar-refractivity contribution in [3.63, 3.8) is 0 Å². The number of sulfonamides is 1. The molecule has 0 aromatic heterocycles. The number of carbonyl (C=O) groups excluding carboxylic acids is 2. The summed E-state index contributed by atoms with van der Waals surface area (Å²) in [4.78, 5) is 33.9. The fourth-order valence-corrected chi connectivity index (χ4v) is 4.89. The Balaban J connectivity index is 1.78. The van der Waals surface area contributed by atoms with Gasteiger partial charge < -0.3 is 9.80 Å². The normalized spacial score (nSPS) is 20.8. The molecule has 9 heteroatoms. The molecule has 2 aliphatic rings. The fourth-order valence-electron chi connectivity index (χ4n) is 3.65. The van der Waals surface area contributed by atoms with Crippen LogP contribution in [0.25, 0.3) is 0 Å². The van der Waals surface area contributed by atoms with Crippen LogP contribution in [0.15, 0.2) is 34.2 Å². The molecule has 2 amide bonds. The molecule has 8 nitrogen and oxygen atoms in total. The standard InChI is InChI=1S/C21H30N4O4S/c1-14(2)17(22-18-15-8-6-7-9-16(15)30(28,29)23-18)19(26)24-10-12-25(13-11-24)20(27)21(3,4)5/h6-9,14,17H,10-13H2,1-5H3,(H,22,23)/t17-/m0/s1. The summed E-state index contributed by atoms with van der Waals surface area (Å²) in [5.74, 6) is 0.0202. The molecule has 0 spiro atoms. The van der Waals surface area contributed by atoms with Gasteiger partial charge in [-0.3, -0.25) is 19.3 Å². The maximum Gasteiger partial charge on any atom is 0.263 e. The van der Waals surface area contributed by atoms with Gasteiger partial charge in [-0.2, -0.15) is 0 Å². The van der Waals surface area contributed by atoms with Crippen LogP contribution in [0.4, 0.5) is 0 Å². The van der Waals surface area contributed by atoms with E-state index in [0.29, 0.717) is 31.7 Å². The first kappa shape index (κ1) is 22.3. The summed E-state index contributed by atoms with van der Waals surface area (Å²) in [6.45, 7) is 11.3. The minimum Gasteiger partial charge on any atom is -0.339 e. The smallest absolute Gasteiger partial charge is 0.263 e. The second-order valence-corrected chi connectivity index (χ2v) is 10.8. The van der Waals surface area contributed by atoms with Gasteiger partial charge in [0.15, 0.2) is 0 Å². The molecule has 30 heavy (non-hydrogen) atoms. The summed E-state index contributed by atoms with van der Waals surface area (Å²) in [6.07, 6.45) is 0. The summed E-state index contributed by atoms with van der Waals surface area (Å²) in [6, 6.07) is 5.90. The lowest BCUT2D eigenvalue weighted by atomic mass is 9.94. The summed E-state index contributed by atoms with van der Waals surface area (Å²) >= 11 is 0. The number of benzene rings is 1.